The van der Waals surface area contributed by atoms with Crippen LogP contribution in [0.1, 0.15) is 23.1 Å². The fourth-order valence-electron chi connectivity index (χ4n) is 3.07. The zero-order valence-electron chi connectivity index (χ0n) is 16.9. The van der Waals surface area contributed by atoms with Gasteiger partial charge in [0.15, 0.2) is 5.17 Å². The number of anilines is 1. The zero-order valence-corrected chi connectivity index (χ0v) is 17.8. The summed E-state index contributed by atoms with van der Waals surface area (Å²) in [5.74, 6) is -0.300. The SMILES string of the molecule is C=CCN1C(=O)[C@H](CC(=O)Nc2cccc(C)c2)SC1=Nc1cc(C)ccc1C. The molecule has 2 amide bonds. The number of hydrogen-bond acceptors (Lipinski definition) is 4. The van der Waals surface area contributed by atoms with Crippen LogP contribution in [-0.4, -0.2) is 33.7 Å². The van der Waals surface area contributed by atoms with Crippen molar-refractivity contribution in [1.82, 2.24) is 4.90 Å². The van der Waals surface area contributed by atoms with E-state index in [0.29, 0.717) is 11.7 Å². The average Bonchev–Trinajstić information content (AvgIpc) is 2.94. The van der Waals surface area contributed by atoms with Crippen molar-refractivity contribution in [2.75, 3.05) is 11.9 Å². The number of benzene rings is 2. The molecule has 6 heteroatoms. The molecule has 150 valence electrons. The van der Waals surface area contributed by atoms with E-state index in [9.17, 15) is 9.59 Å². The summed E-state index contributed by atoms with van der Waals surface area (Å²) in [7, 11) is 0. The van der Waals surface area contributed by atoms with Crippen molar-refractivity contribution in [3.63, 3.8) is 0 Å². The van der Waals surface area contributed by atoms with E-state index in [4.69, 9.17) is 4.99 Å². The first-order valence-electron chi connectivity index (χ1n) is 9.49. The van der Waals surface area contributed by atoms with Crippen LogP contribution in [0.2, 0.25) is 0 Å². The number of aryl methyl sites for hydroxylation is 3. The van der Waals surface area contributed by atoms with Gasteiger partial charge in [-0.1, -0.05) is 42.1 Å². The molecule has 3 rings (SSSR count). The van der Waals surface area contributed by atoms with Crippen LogP contribution in [0, 0.1) is 20.8 Å². The normalized spacial score (nSPS) is 17.6. The number of rotatable bonds is 6. The van der Waals surface area contributed by atoms with Crippen molar-refractivity contribution < 1.29 is 9.59 Å². The fourth-order valence-corrected chi connectivity index (χ4v) is 4.23. The maximum absolute atomic E-state index is 12.9. The summed E-state index contributed by atoms with van der Waals surface area (Å²) in [6.45, 7) is 10.1. The number of amides is 2. The molecule has 5 nitrogen and oxygen atoms in total. The molecule has 2 aromatic carbocycles. The summed E-state index contributed by atoms with van der Waals surface area (Å²) in [5.41, 5.74) is 4.77. The molecule has 1 aliphatic rings. The summed E-state index contributed by atoms with van der Waals surface area (Å²) in [5, 5.41) is 2.99. The lowest BCUT2D eigenvalue weighted by molar-refractivity contribution is -0.127. The molecular formula is C23H25N3O2S. The van der Waals surface area contributed by atoms with Crippen LogP contribution < -0.4 is 5.32 Å². The Kier molecular flexibility index (Phi) is 6.54. The van der Waals surface area contributed by atoms with Gasteiger partial charge in [-0.3, -0.25) is 14.5 Å². The molecule has 29 heavy (non-hydrogen) atoms. The second-order valence-electron chi connectivity index (χ2n) is 7.15. The predicted octanol–water partition coefficient (Wildman–Crippen LogP) is 4.76. The molecular weight excluding hydrogens is 382 g/mol. The highest BCUT2D eigenvalue weighted by molar-refractivity contribution is 8.15. The third-order valence-electron chi connectivity index (χ3n) is 4.59. The highest BCUT2D eigenvalue weighted by Gasteiger charge is 2.38. The molecule has 0 aliphatic carbocycles. The lowest BCUT2D eigenvalue weighted by atomic mass is 10.1. The molecule has 0 bridgehead atoms. The van der Waals surface area contributed by atoms with Gasteiger partial charge in [0.2, 0.25) is 11.8 Å². The molecule has 1 N–H and O–H groups in total. The molecule has 2 aromatic rings. The number of amidine groups is 1. The Bertz CT molecular complexity index is 984. The van der Waals surface area contributed by atoms with Crippen LogP contribution in [0.25, 0.3) is 0 Å². The van der Waals surface area contributed by atoms with Gasteiger partial charge in [0.1, 0.15) is 5.25 Å². The largest absolute Gasteiger partial charge is 0.326 e. The standard InChI is InChI=1S/C23H25N3O2S/c1-5-11-26-22(28)20(14-21(27)24-18-8-6-7-15(2)12-18)29-23(26)25-19-13-16(3)9-10-17(19)4/h5-10,12-13,20H,1,11,14H2,2-4H3,(H,24,27)/t20-/m0/s1. The van der Waals surface area contributed by atoms with E-state index < -0.39 is 5.25 Å². The van der Waals surface area contributed by atoms with Gasteiger partial charge in [0, 0.05) is 18.7 Å². The Morgan fingerprint density at radius 2 is 1.97 bits per heavy atom. The van der Waals surface area contributed by atoms with E-state index in [1.54, 1.807) is 11.0 Å². The number of thioether (sulfide) groups is 1. The van der Waals surface area contributed by atoms with Gasteiger partial charge >= 0.3 is 0 Å². The van der Waals surface area contributed by atoms with Crippen LogP contribution in [0.5, 0.6) is 0 Å². The van der Waals surface area contributed by atoms with Gasteiger partial charge in [-0.05, 0) is 55.7 Å². The highest BCUT2D eigenvalue weighted by atomic mass is 32.2. The summed E-state index contributed by atoms with van der Waals surface area (Å²) >= 11 is 1.34. The lowest BCUT2D eigenvalue weighted by Crippen LogP contribution is -2.33. The first-order chi connectivity index (χ1) is 13.9. The van der Waals surface area contributed by atoms with Crippen molar-refractivity contribution in [2.24, 2.45) is 4.99 Å². The minimum absolute atomic E-state index is 0.0942. The van der Waals surface area contributed by atoms with Gasteiger partial charge in [-0.15, -0.1) is 6.58 Å². The van der Waals surface area contributed by atoms with E-state index in [2.05, 4.69) is 11.9 Å². The highest BCUT2D eigenvalue weighted by Crippen LogP contribution is 2.33. The molecule has 1 atom stereocenters. The minimum Gasteiger partial charge on any atom is -0.326 e. The molecule has 1 fully saturated rings. The van der Waals surface area contributed by atoms with Crippen LogP contribution in [0.3, 0.4) is 0 Å². The first kappa shape index (κ1) is 20.9. The molecule has 1 saturated heterocycles. The Morgan fingerprint density at radius 1 is 1.21 bits per heavy atom. The smallest absolute Gasteiger partial charge is 0.242 e. The molecule has 0 radical (unpaired) electrons. The Hall–Kier alpha value is -2.86. The van der Waals surface area contributed by atoms with E-state index in [-0.39, 0.29) is 18.2 Å². The molecule has 1 heterocycles. The number of nitrogens with zero attached hydrogens (tertiary/aromatic N) is 2. The van der Waals surface area contributed by atoms with E-state index >= 15 is 0 Å². The quantitative estimate of drug-likeness (QED) is 0.703. The van der Waals surface area contributed by atoms with Crippen LogP contribution in [0.15, 0.2) is 60.1 Å². The van der Waals surface area contributed by atoms with Crippen molar-refractivity contribution in [3.05, 3.63) is 71.8 Å². The van der Waals surface area contributed by atoms with Crippen molar-refractivity contribution in [2.45, 2.75) is 32.4 Å². The summed E-state index contributed by atoms with van der Waals surface area (Å²) in [6, 6.07) is 13.6. The molecule has 0 aromatic heterocycles. The van der Waals surface area contributed by atoms with Crippen molar-refractivity contribution in [3.8, 4) is 0 Å². The average molecular weight is 408 g/mol. The predicted molar refractivity (Wildman–Crippen MR) is 121 cm³/mol. The number of aliphatic imine (C=N–C) groups is 1. The van der Waals surface area contributed by atoms with E-state index in [0.717, 1.165) is 28.1 Å². The molecule has 0 spiro atoms. The monoisotopic (exact) mass is 407 g/mol. The van der Waals surface area contributed by atoms with Crippen molar-refractivity contribution in [1.29, 1.82) is 0 Å². The van der Waals surface area contributed by atoms with E-state index in [1.807, 2.05) is 63.2 Å². The third-order valence-corrected chi connectivity index (χ3v) is 5.76. The Labute approximate surface area is 175 Å². The summed E-state index contributed by atoms with van der Waals surface area (Å²) in [4.78, 5) is 31.7. The fraction of sp³-hybridized carbons (Fsp3) is 0.261. The molecule has 1 aliphatic heterocycles. The molecule has 0 saturated carbocycles. The van der Waals surface area contributed by atoms with Gasteiger partial charge < -0.3 is 5.32 Å². The lowest BCUT2D eigenvalue weighted by Gasteiger charge is -2.14. The third kappa shape index (κ3) is 5.15. The maximum atomic E-state index is 12.9. The van der Waals surface area contributed by atoms with Crippen LogP contribution >= 0.6 is 11.8 Å². The second-order valence-corrected chi connectivity index (χ2v) is 8.32. The minimum atomic E-state index is -0.497. The number of carbonyl (C=O) groups is 2. The van der Waals surface area contributed by atoms with Gasteiger partial charge in [-0.25, -0.2) is 4.99 Å². The number of carbonyl (C=O) groups excluding carboxylic acids is 2. The number of hydrogen-bond donors (Lipinski definition) is 1. The first-order valence-corrected chi connectivity index (χ1v) is 10.4. The van der Waals surface area contributed by atoms with Crippen LogP contribution in [0.4, 0.5) is 11.4 Å². The maximum Gasteiger partial charge on any atom is 0.242 e. The Morgan fingerprint density at radius 3 is 2.69 bits per heavy atom. The number of nitrogens with one attached hydrogen (secondary N) is 1. The van der Waals surface area contributed by atoms with Crippen LogP contribution in [-0.2, 0) is 9.59 Å². The van der Waals surface area contributed by atoms with Gasteiger partial charge in [0.05, 0.1) is 5.69 Å². The summed E-state index contributed by atoms with van der Waals surface area (Å²) < 4.78 is 0. The van der Waals surface area contributed by atoms with E-state index in [1.165, 1.54) is 11.8 Å². The summed E-state index contributed by atoms with van der Waals surface area (Å²) in [6.07, 6.45) is 1.77. The van der Waals surface area contributed by atoms with Gasteiger partial charge in [-0.2, -0.15) is 0 Å². The van der Waals surface area contributed by atoms with Crippen molar-refractivity contribution >= 4 is 40.1 Å². The van der Waals surface area contributed by atoms with Gasteiger partial charge in [0.25, 0.3) is 0 Å². The molecule has 0 unspecified atom stereocenters. The zero-order chi connectivity index (χ0) is 21.0. The second kappa shape index (κ2) is 9.09. The Balaban J connectivity index is 1.78. The topological polar surface area (TPSA) is 61.8 Å².